The Balaban J connectivity index is 2.32. The van der Waals surface area contributed by atoms with Crippen LogP contribution in [0.4, 0.5) is 0 Å². The Morgan fingerprint density at radius 2 is 2.14 bits per heavy atom. The minimum atomic E-state index is -1.09. The van der Waals surface area contributed by atoms with Crippen LogP contribution in [0.3, 0.4) is 0 Å². The number of esters is 1. The van der Waals surface area contributed by atoms with Gasteiger partial charge in [0.15, 0.2) is 5.78 Å². The van der Waals surface area contributed by atoms with Crippen molar-refractivity contribution in [1.29, 1.82) is 0 Å². The fourth-order valence-electron chi connectivity index (χ4n) is 2.91. The number of hydrogen-bond acceptors (Lipinski definition) is 4. The third kappa shape index (κ3) is 3.58. The molecule has 0 unspecified atom stereocenters. The van der Waals surface area contributed by atoms with E-state index in [4.69, 9.17) is 4.74 Å². The van der Waals surface area contributed by atoms with Gasteiger partial charge in [-0.2, -0.15) is 0 Å². The van der Waals surface area contributed by atoms with E-state index >= 15 is 0 Å². The van der Waals surface area contributed by atoms with Gasteiger partial charge in [-0.1, -0.05) is 43.0 Å². The van der Waals surface area contributed by atoms with Gasteiger partial charge in [0.1, 0.15) is 12.5 Å². The first-order valence-corrected chi connectivity index (χ1v) is 7.02. The molecule has 1 aromatic rings. The number of hydrogen-bond donors (Lipinski definition) is 1. The first kappa shape index (κ1) is 15.4. The molecule has 4 nitrogen and oxygen atoms in total. The fourth-order valence-corrected chi connectivity index (χ4v) is 2.91. The summed E-state index contributed by atoms with van der Waals surface area (Å²) in [5.74, 6) is -2.02. The summed E-state index contributed by atoms with van der Waals surface area (Å²) in [7, 11) is 0. The monoisotopic (exact) mass is 288 g/mol. The maximum atomic E-state index is 12.3. The van der Waals surface area contributed by atoms with E-state index in [-0.39, 0.29) is 24.7 Å². The average Bonchev–Trinajstić information content (AvgIpc) is 2.44. The summed E-state index contributed by atoms with van der Waals surface area (Å²) in [4.78, 5) is 24.5. The molecule has 0 saturated heterocycles. The van der Waals surface area contributed by atoms with Crippen LogP contribution in [0.5, 0.6) is 0 Å². The molecule has 0 bridgehead atoms. The van der Waals surface area contributed by atoms with E-state index in [2.05, 4.69) is 6.58 Å². The molecule has 1 N–H and O–H groups in total. The van der Waals surface area contributed by atoms with E-state index in [0.29, 0.717) is 6.42 Å². The molecule has 0 radical (unpaired) electrons. The summed E-state index contributed by atoms with van der Waals surface area (Å²) in [6.07, 6.45) is 1.81. The Kier molecular flexibility index (Phi) is 4.58. The summed E-state index contributed by atoms with van der Waals surface area (Å²) >= 11 is 0. The number of carbonyl (C=O) groups excluding carboxylic acids is 2. The summed E-state index contributed by atoms with van der Waals surface area (Å²) in [5, 5.41) is 10.3. The van der Waals surface area contributed by atoms with Crippen molar-refractivity contribution in [2.75, 3.05) is 6.61 Å². The van der Waals surface area contributed by atoms with E-state index in [9.17, 15) is 14.7 Å². The van der Waals surface area contributed by atoms with Gasteiger partial charge in [-0.15, -0.1) is 0 Å². The maximum absolute atomic E-state index is 12.3. The Morgan fingerprint density at radius 1 is 1.48 bits per heavy atom. The number of ether oxygens (including phenoxy) is 1. The summed E-state index contributed by atoms with van der Waals surface area (Å²) in [6.45, 7) is 5.21. The van der Waals surface area contributed by atoms with E-state index in [1.165, 1.54) is 6.08 Å². The molecule has 3 atom stereocenters. The molecule has 0 aromatic heterocycles. The van der Waals surface area contributed by atoms with Gasteiger partial charge in [-0.05, 0) is 18.9 Å². The molecule has 2 rings (SSSR count). The van der Waals surface area contributed by atoms with Crippen molar-refractivity contribution >= 4 is 11.8 Å². The number of carbonyl (C=O) groups is 2. The molecule has 112 valence electrons. The minimum absolute atomic E-state index is 0.0236. The lowest BCUT2D eigenvalue weighted by Crippen LogP contribution is -2.45. The van der Waals surface area contributed by atoms with Crippen LogP contribution in [-0.4, -0.2) is 29.1 Å². The Hall–Kier alpha value is -1.94. The van der Waals surface area contributed by atoms with Crippen molar-refractivity contribution in [1.82, 2.24) is 0 Å². The minimum Gasteiger partial charge on any atom is -0.461 e. The van der Waals surface area contributed by atoms with Gasteiger partial charge in [-0.3, -0.25) is 9.59 Å². The molecule has 0 aliphatic heterocycles. The SMILES string of the molecule is C=CCOC(=O)[C@@H]1C(=O)C[C@](C)(O)C[C@@H]1c1ccccc1. The number of aliphatic hydroxyl groups is 1. The van der Waals surface area contributed by atoms with Gasteiger partial charge >= 0.3 is 5.97 Å². The fraction of sp³-hybridized carbons (Fsp3) is 0.412. The smallest absolute Gasteiger partial charge is 0.317 e. The lowest BCUT2D eigenvalue weighted by Gasteiger charge is -2.37. The average molecular weight is 288 g/mol. The van der Waals surface area contributed by atoms with E-state index in [1.807, 2.05) is 30.3 Å². The maximum Gasteiger partial charge on any atom is 0.317 e. The van der Waals surface area contributed by atoms with Crippen molar-refractivity contribution in [3.63, 3.8) is 0 Å². The van der Waals surface area contributed by atoms with Gasteiger partial charge in [-0.25, -0.2) is 0 Å². The van der Waals surface area contributed by atoms with Crippen molar-refractivity contribution in [2.24, 2.45) is 5.92 Å². The number of benzene rings is 1. The highest BCUT2D eigenvalue weighted by atomic mass is 16.5. The molecule has 21 heavy (non-hydrogen) atoms. The molecule has 0 heterocycles. The Morgan fingerprint density at radius 3 is 2.76 bits per heavy atom. The van der Waals surface area contributed by atoms with Gasteiger partial charge in [0, 0.05) is 12.3 Å². The third-order valence-electron chi connectivity index (χ3n) is 3.79. The molecule has 1 aliphatic carbocycles. The van der Waals surface area contributed by atoms with E-state index < -0.39 is 17.5 Å². The predicted molar refractivity (Wildman–Crippen MR) is 78.7 cm³/mol. The molecule has 1 aromatic carbocycles. The highest BCUT2D eigenvalue weighted by molar-refractivity contribution is 6.01. The lowest BCUT2D eigenvalue weighted by atomic mass is 9.69. The van der Waals surface area contributed by atoms with Crippen LogP contribution in [0, 0.1) is 5.92 Å². The van der Waals surface area contributed by atoms with Crippen molar-refractivity contribution in [3.8, 4) is 0 Å². The number of ketones is 1. The summed E-state index contributed by atoms with van der Waals surface area (Å²) in [5.41, 5.74) is -0.223. The Bertz CT molecular complexity index is 533. The van der Waals surface area contributed by atoms with Gasteiger partial charge < -0.3 is 9.84 Å². The molecular formula is C17H20O4. The number of Topliss-reactive ketones (excluding diaryl/α,β-unsaturated/α-hetero) is 1. The van der Waals surface area contributed by atoms with Crippen LogP contribution >= 0.6 is 0 Å². The summed E-state index contributed by atoms with van der Waals surface area (Å²) in [6, 6.07) is 9.32. The first-order valence-electron chi connectivity index (χ1n) is 7.02. The van der Waals surface area contributed by atoms with Crippen LogP contribution in [0.2, 0.25) is 0 Å². The molecule has 0 spiro atoms. The Labute approximate surface area is 124 Å². The zero-order chi connectivity index (χ0) is 15.5. The largest absolute Gasteiger partial charge is 0.461 e. The zero-order valence-corrected chi connectivity index (χ0v) is 12.1. The van der Waals surface area contributed by atoms with Crippen LogP contribution in [-0.2, 0) is 14.3 Å². The predicted octanol–water partition coefficient (Wildman–Crippen LogP) is 2.23. The molecule has 1 saturated carbocycles. The second kappa shape index (κ2) is 6.22. The number of rotatable bonds is 4. The van der Waals surface area contributed by atoms with Crippen molar-refractivity contribution in [2.45, 2.75) is 31.3 Å². The topological polar surface area (TPSA) is 63.6 Å². The highest BCUT2D eigenvalue weighted by Gasteiger charge is 2.46. The lowest BCUT2D eigenvalue weighted by molar-refractivity contribution is -0.156. The van der Waals surface area contributed by atoms with E-state index in [0.717, 1.165) is 5.56 Å². The van der Waals surface area contributed by atoms with Gasteiger partial charge in [0.25, 0.3) is 0 Å². The van der Waals surface area contributed by atoms with Gasteiger partial charge in [0.2, 0.25) is 0 Å². The third-order valence-corrected chi connectivity index (χ3v) is 3.79. The standard InChI is InChI=1S/C17H20O4/c1-3-9-21-16(19)15-13(12-7-5-4-6-8-12)10-17(2,20)11-14(15)18/h3-8,13,15,20H,1,9-11H2,2H3/t13-,15+,17-/m1/s1. The van der Waals surface area contributed by atoms with Crippen LogP contribution < -0.4 is 0 Å². The quantitative estimate of drug-likeness (QED) is 0.524. The van der Waals surface area contributed by atoms with Crippen LogP contribution in [0.25, 0.3) is 0 Å². The zero-order valence-electron chi connectivity index (χ0n) is 12.1. The van der Waals surface area contributed by atoms with Crippen LogP contribution in [0.15, 0.2) is 43.0 Å². The van der Waals surface area contributed by atoms with Gasteiger partial charge in [0.05, 0.1) is 5.60 Å². The second-order valence-electron chi connectivity index (χ2n) is 5.76. The molecule has 4 heteroatoms. The second-order valence-corrected chi connectivity index (χ2v) is 5.76. The molecule has 1 aliphatic rings. The summed E-state index contributed by atoms with van der Waals surface area (Å²) < 4.78 is 5.06. The van der Waals surface area contributed by atoms with Crippen molar-refractivity contribution < 1.29 is 19.4 Å². The molecular weight excluding hydrogens is 268 g/mol. The van der Waals surface area contributed by atoms with Crippen molar-refractivity contribution in [3.05, 3.63) is 48.6 Å². The first-order chi connectivity index (χ1) is 9.94. The highest BCUT2D eigenvalue weighted by Crippen LogP contribution is 2.41. The van der Waals surface area contributed by atoms with Crippen LogP contribution in [0.1, 0.15) is 31.2 Å². The van der Waals surface area contributed by atoms with E-state index in [1.54, 1.807) is 6.92 Å². The molecule has 0 amide bonds. The normalized spacial score (nSPS) is 29.0. The molecule has 1 fully saturated rings.